The van der Waals surface area contributed by atoms with Crippen molar-refractivity contribution in [1.82, 2.24) is 0 Å². The number of carboxylic acids is 1. The van der Waals surface area contributed by atoms with Gasteiger partial charge in [0, 0.05) is 16.7 Å². The average Bonchev–Trinajstić information content (AvgIpc) is 2.41. The molecule has 0 saturated carbocycles. The number of rotatable bonds is 4. The highest BCUT2D eigenvalue weighted by molar-refractivity contribution is 6.30. The Morgan fingerprint density at radius 3 is 2.65 bits per heavy atom. The Kier molecular flexibility index (Phi) is 4.43. The molecule has 102 valence electrons. The smallest absolute Gasteiger partial charge is 0.328 e. The zero-order valence-corrected chi connectivity index (χ0v) is 11.6. The lowest BCUT2D eigenvalue weighted by Crippen LogP contribution is -1.91. The van der Waals surface area contributed by atoms with Crippen molar-refractivity contribution in [2.75, 3.05) is 0 Å². The summed E-state index contributed by atoms with van der Waals surface area (Å²) in [4.78, 5) is 10.6. The number of aliphatic carboxylic acids is 1. The van der Waals surface area contributed by atoms with Crippen molar-refractivity contribution in [1.29, 1.82) is 0 Å². The lowest BCUT2D eigenvalue weighted by atomic mass is 10.1. The molecule has 1 N–H and O–H groups in total. The van der Waals surface area contributed by atoms with Gasteiger partial charge in [-0.05, 0) is 42.8 Å². The van der Waals surface area contributed by atoms with Crippen molar-refractivity contribution in [3.8, 4) is 11.5 Å². The maximum absolute atomic E-state index is 10.6. The third kappa shape index (κ3) is 3.62. The summed E-state index contributed by atoms with van der Waals surface area (Å²) in [6.07, 6.45) is 2.51. The average molecular weight is 289 g/mol. The summed E-state index contributed by atoms with van der Waals surface area (Å²) in [5, 5.41) is 9.23. The summed E-state index contributed by atoms with van der Waals surface area (Å²) in [5.41, 5.74) is 1.61. The van der Waals surface area contributed by atoms with E-state index in [-0.39, 0.29) is 0 Å². The van der Waals surface area contributed by atoms with Crippen LogP contribution < -0.4 is 4.74 Å². The number of benzene rings is 2. The van der Waals surface area contributed by atoms with Crippen LogP contribution in [0.4, 0.5) is 0 Å². The molecule has 0 aliphatic heterocycles. The van der Waals surface area contributed by atoms with E-state index in [1.54, 1.807) is 18.2 Å². The first-order chi connectivity index (χ1) is 9.56. The highest BCUT2D eigenvalue weighted by atomic mass is 35.5. The van der Waals surface area contributed by atoms with Crippen LogP contribution in [0.15, 0.2) is 48.5 Å². The van der Waals surface area contributed by atoms with Crippen molar-refractivity contribution >= 4 is 23.6 Å². The van der Waals surface area contributed by atoms with Crippen molar-refractivity contribution in [2.24, 2.45) is 0 Å². The highest BCUT2D eigenvalue weighted by Gasteiger charge is 2.06. The molecule has 0 bridgehead atoms. The Morgan fingerprint density at radius 2 is 1.95 bits per heavy atom. The third-order valence-electron chi connectivity index (χ3n) is 2.69. The molecule has 0 aromatic heterocycles. The molecule has 3 nitrogen and oxygen atoms in total. The summed E-state index contributed by atoms with van der Waals surface area (Å²) >= 11 is 5.93. The van der Waals surface area contributed by atoms with Gasteiger partial charge in [0.25, 0.3) is 0 Å². The number of hydrogen-bond donors (Lipinski definition) is 1. The van der Waals surface area contributed by atoms with E-state index in [1.807, 2.05) is 31.2 Å². The monoisotopic (exact) mass is 288 g/mol. The maximum Gasteiger partial charge on any atom is 0.328 e. The minimum absolute atomic E-state index is 0.521. The van der Waals surface area contributed by atoms with E-state index in [4.69, 9.17) is 21.4 Å². The molecule has 0 aliphatic rings. The molecule has 4 heteroatoms. The number of ether oxygens (including phenoxy) is 1. The second kappa shape index (κ2) is 6.26. The van der Waals surface area contributed by atoms with Gasteiger partial charge in [0.1, 0.15) is 11.5 Å². The summed E-state index contributed by atoms with van der Waals surface area (Å²) in [7, 11) is 0. The lowest BCUT2D eigenvalue weighted by molar-refractivity contribution is -0.131. The number of hydrogen-bond acceptors (Lipinski definition) is 2. The molecule has 0 atom stereocenters. The fourth-order valence-electron chi connectivity index (χ4n) is 1.69. The molecule has 0 fully saturated rings. The van der Waals surface area contributed by atoms with Gasteiger partial charge in [-0.25, -0.2) is 4.79 Å². The SMILES string of the molecule is Cc1ccccc1Oc1ccc(Cl)cc1/C=C/C(=O)O. The van der Waals surface area contributed by atoms with Crippen molar-refractivity contribution in [3.63, 3.8) is 0 Å². The van der Waals surface area contributed by atoms with Crippen LogP contribution >= 0.6 is 11.6 Å². The van der Waals surface area contributed by atoms with Crippen LogP contribution in [0.25, 0.3) is 6.08 Å². The fraction of sp³-hybridized carbons (Fsp3) is 0.0625. The Bertz CT molecular complexity index is 663. The van der Waals surface area contributed by atoms with Crippen LogP contribution in [0.2, 0.25) is 5.02 Å². The third-order valence-corrected chi connectivity index (χ3v) is 2.93. The summed E-state index contributed by atoms with van der Waals surface area (Å²) < 4.78 is 5.82. The predicted octanol–water partition coefficient (Wildman–Crippen LogP) is 4.54. The van der Waals surface area contributed by atoms with Gasteiger partial charge in [-0.15, -0.1) is 0 Å². The van der Waals surface area contributed by atoms with Crippen LogP contribution in [0.1, 0.15) is 11.1 Å². The quantitative estimate of drug-likeness (QED) is 0.840. The van der Waals surface area contributed by atoms with Crippen LogP contribution in [0, 0.1) is 6.92 Å². The van der Waals surface area contributed by atoms with E-state index in [0.29, 0.717) is 16.3 Å². The summed E-state index contributed by atoms with van der Waals surface area (Å²) in [5.74, 6) is 0.257. The number of para-hydroxylation sites is 1. The minimum atomic E-state index is -1.02. The number of halogens is 1. The number of carbonyl (C=O) groups is 1. The second-order valence-electron chi connectivity index (χ2n) is 4.22. The molecule has 0 heterocycles. The second-order valence-corrected chi connectivity index (χ2v) is 4.66. The molecule has 0 spiro atoms. The molecule has 0 amide bonds. The van der Waals surface area contributed by atoms with E-state index >= 15 is 0 Å². The van der Waals surface area contributed by atoms with Crippen molar-refractivity contribution in [2.45, 2.75) is 6.92 Å². The van der Waals surface area contributed by atoms with Gasteiger partial charge < -0.3 is 9.84 Å². The molecule has 2 aromatic carbocycles. The maximum atomic E-state index is 10.6. The van der Waals surface area contributed by atoms with Crippen molar-refractivity contribution in [3.05, 3.63) is 64.7 Å². The normalized spacial score (nSPS) is 10.7. The van der Waals surface area contributed by atoms with Crippen LogP contribution in [0.3, 0.4) is 0 Å². The number of aryl methyl sites for hydroxylation is 1. The first-order valence-electron chi connectivity index (χ1n) is 6.00. The van der Waals surface area contributed by atoms with E-state index < -0.39 is 5.97 Å². The topological polar surface area (TPSA) is 46.5 Å². The minimum Gasteiger partial charge on any atom is -0.478 e. The molecule has 0 unspecified atom stereocenters. The Hall–Kier alpha value is -2.26. The van der Waals surface area contributed by atoms with Gasteiger partial charge in [0.15, 0.2) is 0 Å². The van der Waals surface area contributed by atoms with Crippen LogP contribution in [-0.2, 0) is 4.79 Å². The zero-order chi connectivity index (χ0) is 14.5. The standard InChI is InChI=1S/C16H13ClO3/c1-11-4-2-3-5-14(11)20-15-8-7-13(17)10-12(15)6-9-16(18)19/h2-10H,1H3,(H,18,19)/b9-6+. The Balaban J connectivity index is 2.36. The first-order valence-corrected chi connectivity index (χ1v) is 6.38. The molecular weight excluding hydrogens is 276 g/mol. The van der Waals surface area contributed by atoms with Crippen LogP contribution in [0.5, 0.6) is 11.5 Å². The van der Waals surface area contributed by atoms with E-state index in [2.05, 4.69) is 0 Å². The van der Waals surface area contributed by atoms with Crippen molar-refractivity contribution < 1.29 is 14.6 Å². The lowest BCUT2D eigenvalue weighted by Gasteiger charge is -2.11. The van der Waals surface area contributed by atoms with Gasteiger partial charge in [-0.3, -0.25) is 0 Å². The molecule has 0 saturated heterocycles. The molecular formula is C16H13ClO3. The van der Waals surface area contributed by atoms with Gasteiger partial charge >= 0.3 is 5.97 Å². The highest BCUT2D eigenvalue weighted by Crippen LogP contribution is 2.30. The Labute approximate surface area is 122 Å². The zero-order valence-electron chi connectivity index (χ0n) is 10.8. The van der Waals surface area contributed by atoms with E-state index in [1.165, 1.54) is 6.08 Å². The van der Waals surface area contributed by atoms with Crippen LogP contribution in [-0.4, -0.2) is 11.1 Å². The molecule has 0 aliphatic carbocycles. The first kappa shape index (κ1) is 14.2. The number of carboxylic acid groups (broad SMARTS) is 1. The van der Waals surface area contributed by atoms with Gasteiger partial charge in [-0.1, -0.05) is 29.8 Å². The van der Waals surface area contributed by atoms with Gasteiger partial charge in [-0.2, -0.15) is 0 Å². The largest absolute Gasteiger partial charge is 0.478 e. The van der Waals surface area contributed by atoms with Gasteiger partial charge in [0.05, 0.1) is 0 Å². The molecule has 2 aromatic rings. The summed E-state index contributed by atoms with van der Waals surface area (Å²) in [6, 6.07) is 12.7. The molecule has 20 heavy (non-hydrogen) atoms. The summed E-state index contributed by atoms with van der Waals surface area (Å²) in [6.45, 7) is 1.94. The molecule has 2 rings (SSSR count). The van der Waals surface area contributed by atoms with Gasteiger partial charge in [0.2, 0.25) is 0 Å². The predicted molar refractivity (Wildman–Crippen MR) is 79.4 cm³/mol. The molecule has 0 radical (unpaired) electrons. The van der Waals surface area contributed by atoms with E-state index in [0.717, 1.165) is 17.4 Å². The fourth-order valence-corrected chi connectivity index (χ4v) is 1.87. The van der Waals surface area contributed by atoms with E-state index in [9.17, 15) is 4.79 Å². The Morgan fingerprint density at radius 1 is 1.20 bits per heavy atom.